The van der Waals surface area contributed by atoms with Gasteiger partial charge in [0.2, 0.25) is 0 Å². The first-order chi connectivity index (χ1) is 7.29. The number of carbonyl (C=O) groups excluding carboxylic acids is 1. The van der Waals surface area contributed by atoms with Gasteiger partial charge in [-0.25, -0.2) is 0 Å². The van der Waals surface area contributed by atoms with Crippen LogP contribution in [-0.4, -0.2) is 18.0 Å². The molecule has 0 saturated heterocycles. The molecule has 0 unspecified atom stereocenters. The van der Waals surface area contributed by atoms with Crippen molar-refractivity contribution in [2.24, 2.45) is 5.73 Å². The number of nitrogens with one attached hydrogen (secondary N) is 1. The summed E-state index contributed by atoms with van der Waals surface area (Å²) in [5, 5.41) is 3.34. The van der Waals surface area contributed by atoms with Crippen LogP contribution in [0, 0.1) is 3.57 Å². The second kappa shape index (κ2) is 5.33. The van der Waals surface area contributed by atoms with Crippen LogP contribution in [0.2, 0.25) is 5.02 Å². The lowest BCUT2D eigenvalue weighted by Gasteiger charge is -2.18. The molecule has 1 amide bonds. The highest BCUT2D eigenvalue weighted by Gasteiger charge is 2.13. The summed E-state index contributed by atoms with van der Waals surface area (Å²) in [7, 11) is 0. The van der Waals surface area contributed by atoms with E-state index >= 15 is 0 Å². The molecule has 16 heavy (non-hydrogen) atoms. The number of hydrogen-bond acceptors (Lipinski definition) is 2. The fourth-order valence-corrected chi connectivity index (χ4v) is 1.56. The summed E-state index contributed by atoms with van der Waals surface area (Å²) >= 11 is 8.05. The van der Waals surface area contributed by atoms with Gasteiger partial charge in [0.1, 0.15) is 0 Å². The minimum Gasteiger partial charge on any atom is -0.350 e. The molecule has 5 heteroatoms. The summed E-state index contributed by atoms with van der Waals surface area (Å²) in [5.74, 6) is -0.156. The van der Waals surface area contributed by atoms with Crippen LogP contribution in [0.5, 0.6) is 0 Å². The molecule has 1 aromatic rings. The van der Waals surface area contributed by atoms with Crippen molar-refractivity contribution in [3.8, 4) is 0 Å². The summed E-state index contributed by atoms with van der Waals surface area (Å²) in [4.78, 5) is 11.7. The van der Waals surface area contributed by atoms with E-state index in [0.29, 0.717) is 17.1 Å². The third-order valence-electron chi connectivity index (χ3n) is 1.89. The topological polar surface area (TPSA) is 55.1 Å². The Morgan fingerprint density at radius 2 is 2.19 bits per heavy atom. The second-order valence-electron chi connectivity index (χ2n) is 4.30. The third kappa shape index (κ3) is 4.27. The highest BCUT2D eigenvalue weighted by Crippen LogP contribution is 2.19. The molecule has 0 aliphatic heterocycles. The maximum Gasteiger partial charge on any atom is 0.251 e. The fourth-order valence-electron chi connectivity index (χ4n) is 1.05. The van der Waals surface area contributed by atoms with Crippen LogP contribution in [0.3, 0.4) is 0 Å². The Labute approximate surface area is 114 Å². The van der Waals surface area contributed by atoms with Crippen LogP contribution in [0.25, 0.3) is 0 Å². The zero-order valence-corrected chi connectivity index (χ0v) is 12.1. The largest absolute Gasteiger partial charge is 0.350 e. The molecular formula is C11H14ClIN2O. The van der Waals surface area contributed by atoms with Crippen molar-refractivity contribution in [1.29, 1.82) is 0 Å². The van der Waals surface area contributed by atoms with Crippen molar-refractivity contribution >= 4 is 40.1 Å². The lowest BCUT2D eigenvalue weighted by atomic mass is 10.1. The van der Waals surface area contributed by atoms with Gasteiger partial charge in [-0.15, -0.1) is 0 Å². The number of amides is 1. The van der Waals surface area contributed by atoms with Gasteiger partial charge in [-0.1, -0.05) is 11.6 Å². The highest BCUT2D eigenvalue weighted by molar-refractivity contribution is 14.1. The maximum atomic E-state index is 11.7. The first-order valence-electron chi connectivity index (χ1n) is 4.82. The standard InChI is InChI=1S/C11H14ClIN2O/c1-11(2,14)6-15-10(16)7-3-4-9(13)8(12)5-7/h3-5H,6,14H2,1-2H3,(H,15,16). The van der Waals surface area contributed by atoms with E-state index in [-0.39, 0.29) is 5.91 Å². The van der Waals surface area contributed by atoms with Gasteiger partial charge in [-0.3, -0.25) is 4.79 Å². The lowest BCUT2D eigenvalue weighted by Crippen LogP contribution is -2.45. The van der Waals surface area contributed by atoms with Crippen molar-refractivity contribution in [2.75, 3.05) is 6.54 Å². The summed E-state index contributed by atoms with van der Waals surface area (Å²) in [6.45, 7) is 4.14. The van der Waals surface area contributed by atoms with Gasteiger partial charge in [-0.2, -0.15) is 0 Å². The molecule has 3 nitrogen and oxygen atoms in total. The first kappa shape index (κ1) is 13.7. The van der Waals surface area contributed by atoms with E-state index < -0.39 is 5.54 Å². The van der Waals surface area contributed by atoms with E-state index in [2.05, 4.69) is 27.9 Å². The van der Waals surface area contributed by atoms with Gasteiger partial charge in [-0.05, 0) is 54.6 Å². The zero-order valence-electron chi connectivity index (χ0n) is 9.18. The minimum atomic E-state index is -0.414. The molecule has 1 rings (SSSR count). The van der Waals surface area contributed by atoms with Crippen molar-refractivity contribution < 1.29 is 4.79 Å². The van der Waals surface area contributed by atoms with Gasteiger partial charge >= 0.3 is 0 Å². The SMILES string of the molecule is CC(C)(N)CNC(=O)c1ccc(I)c(Cl)c1. The molecule has 0 aliphatic rings. The minimum absolute atomic E-state index is 0.156. The number of halogens is 2. The Morgan fingerprint density at radius 3 is 2.69 bits per heavy atom. The van der Waals surface area contributed by atoms with E-state index in [0.717, 1.165) is 3.57 Å². The summed E-state index contributed by atoms with van der Waals surface area (Å²) in [5.41, 5.74) is 5.91. The first-order valence-corrected chi connectivity index (χ1v) is 6.27. The number of nitrogens with two attached hydrogens (primary N) is 1. The average Bonchev–Trinajstić information content (AvgIpc) is 2.17. The van der Waals surface area contributed by atoms with Crippen LogP contribution in [0.4, 0.5) is 0 Å². The molecule has 0 bridgehead atoms. The van der Waals surface area contributed by atoms with Crippen LogP contribution >= 0.6 is 34.2 Å². The molecule has 0 aromatic heterocycles. The highest BCUT2D eigenvalue weighted by atomic mass is 127. The van der Waals surface area contributed by atoms with E-state index in [1.807, 2.05) is 19.9 Å². The molecule has 0 fully saturated rings. The number of rotatable bonds is 3. The monoisotopic (exact) mass is 352 g/mol. The summed E-state index contributed by atoms with van der Waals surface area (Å²) in [6, 6.07) is 5.21. The van der Waals surface area contributed by atoms with Gasteiger partial charge in [0.15, 0.2) is 0 Å². The molecule has 0 atom stereocenters. The van der Waals surface area contributed by atoms with Gasteiger partial charge in [0.25, 0.3) is 5.91 Å². The quantitative estimate of drug-likeness (QED) is 0.821. The molecule has 1 aromatic carbocycles. The molecule has 0 spiro atoms. The Kier molecular flexibility index (Phi) is 4.58. The maximum absolute atomic E-state index is 11.7. The molecule has 3 N–H and O–H groups in total. The van der Waals surface area contributed by atoms with Crippen LogP contribution in [0.15, 0.2) is 18.2 Å². The van der Waals surface area contributed by atoms with Crippen molar-refractivity contribution in [3.63, 3.8) is 0 Å². The molecule has 0 radical (unpaired) electrons. The number of carbonyl (C=O) groups is 1. The Morgan fingerprint density at radius 1 is 1.56 bits per heavy atom. The van der Waals surface area contributed by atoms with Gasteiger partial charge in [0.05, 0.1) is 5.02 Å². The van der Waals surface area contributed by atoms with E-state index in [4.69, 9.17) is 17.3 Å². The normalized spacial score (nSPS) is 11.3. The second-order valence-corrected chi connectivity index (χ2v) is 5.87. The van der Waals surface area contributed by atoms with Crippen molar-refractivity contribution in [1.82, 2.24) is 5.32 Å². The van der Waals surface area contributed by atoms with Crippen LogP contribution < -0.4 is 11.1 Å². The number of benzene rings is 1. The Bertz CT molecular complexity index is 401. The van der Waals surface area contributed by atoms with Crippen molar-refractivity contribution in [2.45, 2.75) is 19.4 Å². The average molecular weight is 353 g/mol. The predicted molar refractivity (Wildman–Crippen MR) is 74.8 cm³/mol. The van der Waals surface area contributed by atoms with Crippen LogP contribution in [0.1, 0.15) is 24.2 Å². The van der Waals surface area contributed by atoms with Gasteiger partial charge < -0.3 is 11.1 Å². The summed E-state index contributed by atoms with van der Waals surface area (Å²) < 4.78 is 0.926. The van der Waals surface area contributed by atoms with E-state index in [1.54, 1.807) is 12.1 Å². The smallest absolute Gasteiger partial charge is 0.251 e. The molecule has 0 heterocycles. The molecule has 88 valence electrons. The van der Waals surface area contributed by atoms with E-state index in [1.165, 1.54) is 0 Å². The molecular weight excluding hydrogens is 338 g/mol. The van der Waals surface area contributed by atoms with Crippen molar-refractivity contribution in [3.05, 3.63) is 32.4 Å². The number of hydrogen-bond donors (Lipinski definition) is 2. The Hall–Kier alpha value is -0.330. The molecule has 0 saturated carbocycles. The third-order valence-corrected chi connectivity index (χ3v) is 3.46. The van der Waals surface area contributed by atoms with E-state index in [9.17, 15) is 4.79 Å². The predicted octanol–water partition coefficient (Wildman–Crippen LogP) is 2.41. The fraction of sp³-hybridized carbons (Fsp3) is 0.364. The zero-order chi connectivity index (χ0) is 12.3. The molecule has 0 aliphatic carbocycles. The van der Waals surface area contributed by atoms with Gasteiger partial charge in [0, 0.05) is 21.2 Å². The lowest BCUT2D eigenvalue weighted by molar-refractivity contribution is 0.0946. The van der Waals surface area contributed by atoms with Crippen LogP contribution in [-0.2, 0) is 0 Å². The summed E-state index contributed by atoms with van der Waals surface area (Å²) in [6.07, 6.45) is 0. The Balaban J connectivity index is 2.70.